The molecule has 0 spiro atoms. The number of aromatic nitrogens is 3. The third-order valence-corrected chi connectivity index (χ3v) is 6.41. The summed E-state index contributed by atoms with van der Waals surface area (Å²) in [7, 11) is 3.68. The zero-order chi connectivity index (χ0) is 21.2. The van der Waals surface area contributed by atoms with Gasteiger partial charge in [0.1, 0.15) is 15.8 Å². The minimum Gasteiger partial charge on any atom is -0.444 e. The highest BCUT2D eigenvalue weighted by molar-refractivity contribution is 7.14. The van der Waals surface area contributed by atoms with Crippen molar-refractivity contribution < 1.29 is 9.53 Å². The summed E-state index contributed by atoms with van der Waals surface area (Å²) in [5.74, 6) is 0.364. The third kappa shape index (κ3) is 5.36. The SMILES string of the molecule is CNc1cc(Cl)ncc1-c1nnc(C2CCC(N(C)C(=O)OC(C)(C)C)CC2)s1. The van der Waals surface area contributed by atoms with E-state index in [-0.39, 0.29) is 12.1 Å². The monoisotopic (exact) mass is 437 g/mol. The Labute approximate surface area is 180 Å². The van der Waals surface area contributed by atoms with Crippen molar-refractivity contribution in [3.05, 3.63) is 22.4 Å². The summed E-state index contributed by atoms with van der Waals surface area (Å²) in [6.45, 7) is 5.66. The van der Waals surface area contributed by atoms with Crippen LogP contribution >= 0.6 is 22.9 Å². The normalized spacial score (nSPS) is 19.7. The fraction of sp³-hybridized carbons (Fsp3) is 0.600. The molecule has 0 bridgehead atoms. The molecule has 0 aromatic carbocycles. The Morgan fingerprint density at radius 3 is 2.59 bits per heavy atom. The van der Waals surface area contributed by atoms with E-state index in [9.17, 15) is 4.79 Å². The topological polar surface area (TPSA) is 80.2 Å². The van der Waals surface area contributed by atoms with E-state index in [1.165, 1.54) is 0 Å². The van der Waals surface area contributed by atoms with Crippen LogP contribution in [0, 0.1) is 0 Å². The van der Waals surface area contributed by atoms with Gasteiger partial charge in [-0.1, -0.05) is 22.9 Å². The number of hydrogen-bond acceptors (Lipinski definition) is 7. The average molecular weight is 438 g/mol. The van der Waals surface area contributed by atoms with Gasteiger partial charge in [-0.25, -0.2) is 9.78 Å². The minimum absolute atomic E-state index is 0.199. The summed E-state index contributed by atoms with van der Waals surface area (Å²) in [6.07, 6.45) is 5.28. The Morgan fingerprint density at radius 1 is 1.28 bits per heavy atom. The number of nitrogens with one attached hydrogen (secondary N) is 1. The quantitative estimate of drug-likeness (QED) is 0.663. The summed E-state index contributed by atoms with van der Waals surface area (Å²) in [5, 5.41) is 14.3. The van der Waals surface area contributed by atoms with Gasteiger partial charge in [0, 0.05) is 37.9 Å². The number of halogens is 1. The molecule has 29 heavy (non-hydrogen) atoms. The number of ether oxygens (including phenoxy) is 1. The summed E-state index contributed by atoms with van der Waals surface area (Å²) in [6, 6.07) is 1.99. The van der Waals surface area contributed by atoms with Gasteiger partial charge in [0.2, 0.25) is 0 Å². The number of hydrogen-bond donors (Lipinski definition) is 1. The lowest BCUT2D eigenvalue weighted by molar-refractivity contribution is 0.0183. The van der Waals surface area contributed by atoms with Gasteiger partial charge in [0.15, 0.2) is 5.01 Å². The Hall–Kier alpha value is -1.93. The second kappa shape index (κ2) is 8.83. The highest BCUT2D eigenvalue weighted by Gasteiger charge is 2.31. The van der Waals surface area contributed by atoms with E-state index >= 15 is 0 Å². The van der Waals surface area contributed by atoms with Gasteiger partial charge in [-0.05, 0) is 52.5 Å². The fourth-order valence-electron chi connectivity index (χ4n) is 3.51. The summed E-state index contributed by atoms with van der Waals surface area (Å²) < 4.78 is 5.49. The minimum atomic E-state index is -0.478. The third-order valence-electron chi connectivity index (χ3n) is 5.09. The number of nitrogens with zero attached hydrogens (tertiary/aromatic N) is 4. The van der Waals surface area contributed by atoms with E-state index in [0.29, 0.717) is 11.1 Å². The van der Waals surface area contributed by atoms with Crippen LogP contribution in [0.15, 0.2) is 12.3 Å². The zero-order valence-corrected chi connectivity index (χ0v) is 19.1. The molecule has 1 fully saturated rings. The molecule has 9 heteroatoms. The highest BCUT2D eigenvalue weighted by Crippen LogP contribution is 2.39. The molecule has 2 aromatic heterocycles. The first-order chi connectivity index (χ1) is 13.7. The van der Waals surface area contributed by atoms with Crippen LogP contribution in [-0.2, 0) is 4.74 Å². The molecule has 1 aliphatic carbocycles. The molecule has 1 saturated carbocycles. The molecular weight excluding hydrogens is 410 g/mol. The summed E-state index contributed by atoms with van der Waals surface area (Å²) >= 11 is 7.59. The largest absolute Gasteiger partial charge is 0.444 e. The van der Waals surface area contributed by atoms with E-state index in [1.54, 1.807) is 28.5 Å². The number of rotatable bonds is 4. The van der Waals surface area contributed by atoms with Gasteiger partial charge < -0.3 is 15.0 Å². The first kappa shape index (κ1) is 21.8. The van der Waals surface area contributed by atoms with Crippen LogP contribution in [0.5, 0.6) is 0 Å². The maximum absolute atomic E-state index is 12.3. The number of anilines is 1. The first-order valence-electron chi connectivity index (χ1n) is 9.81. The number of pyridine rings is 1. The van der Waals surface area contributed by atoms with Crippen molar-refractivity contribution in [3.63, 3.8) is 0 Å². The van der Waals surface area contributed by atoms with Crippen molar-refractivity contribution >= 4 is 34.7 Å². The van der Waals surface area contributed by atoms with Crippen molar-refractivity contribution in [3.8, 4) is 10.6 Å². The Kier molecular flexibility index (Phi) is 6.63. The zero-order valence-electron chi connectivity index (χ0n) is 17.5. The molecule has 0 unspecified atom stereocenters. The van der Waals surface area contributed by atoms with Crippen LogP contribution in [0.25, 0.3) is 10.6 Å². The van der Waals surface area contributed by atoms with Gasteiger partial charge in [-0.2, -0.15) is 0 Å². The molecule has 0 saturated heterocycles. The summed E-state index contributed by atoms with van der Waals surface area (Å²) in [5.41, 5.74) is 1.31. The lowest BCUT2D eigenvalue weighted by Gasteiger charge is -2.35. The molecule has 0 atom stereocenters. The molecule has 0 aliphatic heterocycles. The highest BCUT2D eigenvalue weighted by atomic mass is 35.5. The molecule has 7 nitrogen and oxygen atoms in total. The molecular formula is C20H28ClN5O2S. The maximum Gasteiger partial charge on any atom is 0.410 e. The van der Waals surface area contributed by atoms with E-state index in [4.69, 9.17) is 16.3 Å². The second-order valence-electron chi connectivity index (χ2n) is 8.34. The van der Waals surface area contributed by atoms with E-state index in [1.807, 2.05) is 34.9 Å². The predicted molar refractivity (Wildman–Crippen MR) is 117 cm³/mol. The number of carbonyl (C=O) groups is 1. The van der Waals surface area contributed by atoms with Gasteiger partial charge >= 0.3 is 6.09 Å². The molecule has 2 heterocycles. The number of carbonyl (C=O) groups excluding carboxylic acids is 1. The predicted octanol–water partition coefficient (Wildman–Crippen LogP) is 5.19. The molecule has 158 valence electrons. The summed E-state index contributed by atoms with van der Waals surface area (Å²) in [4.78, 5) is 18.2. The lowest BCUT2D eigenvalue weighted by Crippen LogP contribution is -2.42. The van der Waals surface area contributed by atoms with Crippen LogP contribution in [-0.4, -0.2) is 51.9 Å². The average Bonchev–Trinajstić information content (AvgIpc) is 3.16. The van der Waals surface area contributed by atoms with Gasteiger partial charge in [-0.3, -0.25) is 0 Å². The van der Waals surface area contributed by atoms with Crippen molar-refractivity contribution in [2.24, 2.45) is 0 Å². The molecule has 1 amide bonds. The van der Waals surface area contributed by atoms with Crippen molar-refractivity contribution in [2.75, 3.05) is 19.4 Å². The maximum atomic E-state index is 12.3. The van der Waals surface area contributed by atoms with E-state index in [2.05, 4.69) is 20.5 Å². The molecule has 3 rings (SSSR count). The lowest BCUT2D eigenvalue weighted by atomic mass is 9.86. The van der Waals surface area contributed by atoms with Crippen LogP contribution in [0.1, 0.15) is 57.4 Å². The molecule has 0 radical (unpaired) electrons. The van der Waals surface area contributed by atoms with Gasteiger partial charge in [0.25, 0.3) is 0 Å². The van der Waals surface area contributed by atoms with Crippen molar-refractivity contribution in [1.82, 2.24) is 20.1 Å². The van der Waals surface area contributed by atoms with Crippen LogP contribution in [0.4, 0.5) is 10.5 Å². The van der Waals surface area contributed by atoms with Crippen molar-refractivity contribution in [2.45, 2.75) is 64.0 Å². The Balaban J connectivity index is 1.63. The molecule has 2 aromatic rings. The fourth-order valence-corrected chi connectivity index (χ4v) is 4.70. The number of amides is 1. The van der Waals surface area contributed by atoms with Crippen LogP contribution < -0.4 is 5.32 Å². The van der Waals surface area contributed by atoms with E-state index in [0.717, 1.165) is 46.9 Å². The molecule has 1 aliphatic rings. The Morgan fingerprint density at radius 2 is 1.97 bits per heavy atom. The standard InChI is InChI=1S/C20H28ClN5O2S/c1-20(2,3)28-19(27)26(5)13-8-6-12(7-9-13)17-24-25-18(29-17)14-11-23-16(21)10-15(14)22-4/h10-13H,6-9H2,1-5H3,(H,22,23). The Bertz CT molecular complexity index is 859. The van der Waals surface area contributed by atoms with Gasteiger partial charge in [-0.15, -0.1) is 10.2 Å². The van der Waals surface area contributed by atoms with Crippen molar-refractivity contribution in [1.29, 1.82) is 0 Å². The second-order valence-corrected chi connectivity index (χ2v) is 9.74. The van der Waals surface area contributed by atoms with Crippen LogP contribution in [0.3, 0.4) is 0 Å². The van der Waals surface area contributed by atoms with Gasteiger partial charge in [0.05, 0.1) is 5.56 Å². The smallest absolute Gasteiger partial charge is 0.410 e. The van der Waals surface area contributed by atoms with E-state index < -0.39 is 5.60 Å². The first-order valence-corrected chi connectivity index (χ1v) is 11.0. The molecule has 1 N–H and O–H groups in total. The van der Waals surface area contributed by atoms with Crippen LogP contribution in [0.2, 0.25) is 5.15 Å².